The summed E-state index contributed by atoms with van der Waals surface area (Å²) in [5.74, 6) is -0.288. The van der Waals surface area contributed by atoms with Crippen LogP contribution in [0.2, 0.25) is 0 Å². The lowest BCUT2D eigenvalue weighted by Gasteiger charge is -2.19. The summed E-state index contributed by atoms with van der Waals surface area (Å²) in [6.07, 6.45) is 1.38. The van der Waals surface area contributed by atoms with Crippen LogP contribution in [-0.2, 0) is 19.4 Å². The van der Waals surface area contributed by atoms with Crippen LogP contribution in [0, 0.1) is 0 Å². The predicted octanol–water partition coefficient (Wildman–Crippen LogP) is 1.97. The Bertz CT molecular complexity index is 607. The van der Waals surface area contributed by atoms with Crippen molar-refractivity contribution in [3.63, 3.8) is 0 Å². The molecule has 0 saturated carbocycles. The maximum absolute atomic E-state index is 11.1. The Kier molecular flexibility index (Phi) is 3.52. The van der Waals surface area contributed by atoms with E-state index in [4.69, 9.17) is 9.63 Å². The van der Waals surface area contributed by atoms with Crippen molar-refractivity contribution in [3.8, 4) is 0 Å². The Morgan fingerprint density at radius 1 is 1.25 bits per heavy atom. The summed E-state index contributed by atoms with van der Waals surface area (Å²) in [6.45, 7) is 2.56. The van der Waals surface area contributed by atoms with E-state index in [0.29, 0.717) is 12.8 Å². The van der Waals surface area contributed by atoms with Gasteiger partial charge in [-0.15, -0.1) is 0 Å². The fourth-order valence-electron chi connectivity index (χ4n) is 2.61. The van der Waals surface area contributed by atoms with Crippen LogP contribution in [0.15, 0.2) is 34.9 Å². The second-order valence-corrected chi connectivity index (χ2v) is 5.00. The first-order valence-corrected chi connectivity index (χ1v) is 6.71. The van der Waals surface area contributed by atoms with Gasteiger partial charge in [0.1, 0.15) is 5.76 Å². The molecule has 20 heavy (non-hydrogen) atoms. The van der Waals surface area contributed by atoms with Crippen molar-refractivity contribution in [3.05, 3.63) is 52.9 Å². The van der Waals surface area contributed by atoms with E-state index in [-0.39, 0.29) is 5.69 Å². The maximum atomic E-state index is 11.1. The molecule has 3 rings (SSSR count). The fourth-order valence-corrected chi connectivity index (χ4v) is 2.61. The number of carbonyl (C=O) groups is 1. The first kappa shape index (κ1) is 12.9. The lowest BCUT2D eigenvalue weighted by molar-refractivity contribution is 0.0684. The van der Waals surface area contributed by atoms with Crippen LogP contribution < -0.4 is 0 Å². The van der Waals surface area contributed by atoms with Gasteiger partial charge in [-0.2, -0.15) is 0 Å². The highest BCUT2D eigenvalue weighted by molar-refractivity contribution is 5.87. The van der Waals surface area contributed by atoms with Gasteiger partial charge in [-0.05, 0) is 12.0 Å². The van der Waals surface area contributed by atoms with Crippen molar-refractivity contribution >= 4 is 5.97 Å². The molecule has 0 unspecified atom stereocenters. The van der Waals surface area contributed by atoms with E-state index < -0.39 is 5.97 Å². The first-order valence-electron chi connectivity index (χ1n) is 6.71. The molecule has 104 valence electrons. The van der Waals surface area contributed by atoms with Crippen LogP contribution in [0.4, 0.5) is 0 Å². The Morgan fingerprint density at radius 3 is 2.75 bits per heavy atom. The summed E-state index contributed by atoms with van der Waals surface area (Å²) in [6, 6.07) is 10.3. The highest BCUT2D eigenvalue weighted by atomic mass is 16.5. The lowest BCUT2D eigenvalue weighted by Crippen LogP contribution is -2.26. The van der Waals surface area contributed by atoms with Crippen LogP contribution in [0.1, 0.15) is 27.4 Å². The molecule has 0 aliphatic carbocycles. The number of nitrogens with zero attached hydrogens (tertiary/aromatic N) is 2. The number of hydrogen-bond acceptors (Lipinski definition) is 4. The molecule has 1 N–H and O–H groups in total. The monoisotopic (exact) mass is 272 g/mol. The van der Waals surface area contributed by atoms with Gasteiger partial charge in [0.05, 0.1) is 0 Å². The van der Waals surface area contributed by atoms with Crippen molar-refractivity contribution in [2.75, 3.05) is 13.1 Å². The standard InChI is InChI=1S/C15H16N2O3/c18-15(19)14-12-6-8-17(9-7-13(12)20-16-14)10-11-4-2-1-3-5-11/h1-5H,6-10H2,(H,18,19). The third-order valence-electron chi connectivity index (χ3n) is 3.65. The predicted molar refractivity (Wildman–Crippen MR) is 72.6 cm³/mol. The van der Waals surface area contributed by atoms with E-state index in [2.05, 4.69) is 22.2 Å². The highest BCUT2D eigenvalue weighted by Gasteiger charge is 2.24. The number of benzene rings is 1. The summed E-state index contributed by atoms with van der Waals surface area (Å²) >= 11 is 0. The van der Waals surface area contributed by atoms with Crippen LogP contribution in [-0.4, -0.2) is 34.2 Å². The molecule has 0 atom stereocenters. The van der Waals surface area contributed by atoms with Crippen molar-refractivity contribution in [1.29, 1.82) is 0 Å². The van der Waals surface area contributed by atoms with E-state index in [1.165, 1.54) is 5.56 Å². The number of fused-ring (bicyclic) bond motifs is 1. The second-order valence-electron chi connectivity index (χ2n) is 5.00. The average molecular weight is 272 g/mol. The minimum Gasteiger partial charge on any atom is -0.476 e. The van der Waals surface area contributed by atoms with Crippen molar-refractivity contribution in [2.24, 2.45) is 0 Å². The number of aromatic carboxylic acids is 1. The Morgan fingerprint density at radius 2 is 2.00 bits per heavy atom. The van der Waals surface area contributed by atoms with E-state index in [1.54, 1.807) is 0 Å². The molecule has 5 nitrogen and oxygen atoms in total. The van der Waals surface area contributed by atoms with Gasteiger partial charge >= 0.3 is 5.97 Å². The van der Waals surface area contributed by atoms with Gasteiger partial charge in [0.25, 0.3) is 0 Å². The summed E-state index contributed by atoms with van der Waals surface area (Å²) < 4.78 is 5.17. The van der Waals surface area contributed by atoms with Crippen molar-refractivity contribution in [1.82, 2.24) is 10.1 Å². The normalized spacial score (nSPS) is 15.6. The van der Waals surface area contributed by atoms with E-state index in [9.17, 15) is 4.79 Å². The number of hydrogen-bond donors (Lipinski definition) is 1. The van der Waals surface area contributed by atoms with Gasteiger partial charge in [-0.3, -0.25) is 4.90 Å². The van der Waals surface area contributed by atoms with Gasteiger partial charge in [-0.1, -0.05) is 35.5 Å². The molecular formula is C15H16N2O3. The largest absolute Gasteiger partial charge is 0.476 e. The molecule has 0 radical (unpaired) electrons. The van der Waals surface area contributed by atoms with Crippen LogP contribution >= 0.6 is 0 Å². The Labute approximate surface area is 116 Å². The smallest absolute Gasteiger partial charge is 0.358 e. The molecule has 0 bridgehead atoms. The fraction of sp³-hybridized carbons (Fsp3) is 0.333. The Balaban J connectivity index is 1.71. The molecular weight excluding hydrogens is 256 g/mol. The van der Waals surface area contributed by atoms with E-state index in [1.807, 2.05) is 18.2 Å². The minimum atomic E-state index is -1.01. The van der Waals surface area contributed by atoms with Gasteiger partial charge in [0, 0.05) is 31.6 Å². The third-order valence-corrected chi connectivity index (χ3v) is 3.65. The van der Waals surface area contributed by atoms with Gasteiger partial charge in [-0.25, -0.2) is 4.79 Å². The lowest BCUT2D eigenvalue weighted by atomic mass is 10.1. The molecule has 0 amide bonds. The van der Waals surface area contributed by atoms with E-state index >= 15 is 0 Å². The van der Waals surface area contributed by atoms with Crippen LogP contribution in [0.25, 0.3) is 0 Å². The first-order chi connectivity index (χ1) is 9.74. The molecule has 2 aromatic rings. The zero-order valence-electron chi connectivity index (χ0n) is 11.1. The molecule has 1 aromatic heterocycles. The second kappa shape index (κ2) is 5.46. The number of rotatable bonds is 3. The topological polar surface area (TPSA) is 66.6 Å². The SMILES string of the molecule is O=C(O)c1noc2c1CCN(Cc1ccccc1)CC2. The third kappa shape index (κ3) is 2.58. The molecule has 1 aliphatic heterocycles. The summed E-state index contributed by atoms with van der Waals surface area (Å²) in [4.78, 5) is 13.4. The summed E-state index contributed by atoms with van der Waals surface area (Å²) in [5.41, 5.74) is 2.09. The average Bonchev–Trinajstić information content (AvgIpc) is 2.77. The molecule has 2 heterocycles. The summed E-state index contributed by atoms with van der Waals surface area (Å²) in [7, 11) is 0. The number of aromatic nitrogens is 1. The van der Waals surface area contributed by atoms with Gasteiger partial charge in [0.2, 0.25) is 0 Å². The van der Waals surface area contributed by atoms with Crippen molar-refractivity contribution < 1.29 is 14.4 Å². The Hall–Kier alpha value is -2.14. The van der Waals surface area contributed by atoms with Crippen molar-refractivity contribution in [2.45, 2.75) is 19.4 Å². The van der Waals surface area contributed by atoms with E-state index in [0.717, 1.165) is 31.0 Å². The number of carboxylic acids is 1. The van der Waals surface area contributed by atoms with Crippen LogP contribution in [0.5, 0.6) is 0 Å². The maximum Gasteiger partial charge on any atom is 0.358 e. The molecule has 5 heteroatoms. The molecule has 0 fully saturated rings. The van der Waals surface area contributed by atoms with Gasteiger partial charge < -0.3 is 9.63 Å². The van der Waals surface area contributed by atoms with Crippen LogP contribution in [0.3, 0.4) is 0 Å². The molecule has 0 saturated heterocycles. The zero-order valence-corrected chi connectivity index (χ0v) is 11.1. The van der Waals surface area contributed by atoms with Gasteiger partial charge in [0.15, 0.2) is 5.69 Å². The number of carboxylic acid groups (broad SMARTS) is 1. The quantitative estimate of drug-likeness (QED) is 0.925. The highest BCUT2D eigenvalue weighted by Crippen LogP contribution is 2.20. The molecule has 1 aromatic carbocycles. The zero-order chi connectivity index (χ0) is 13.9. The summed E-state index contributed by atoms with van der Waals surface area (Å²) in [5, 5.41) is 12.7. The molecule has 0 spiro atoms. The molecule has 1 aliphatic rings. The minimum absolute atomic E-state index is 0.0709.